The molecular formula is C21H13F2N5O. The number of halogens is 2. The van der Waals surface area contributed by atoms with Crippen LogP contribution in [0.3, 0.4) is 0 Å². The number of ether oxygens (including phenoxy) is 1. The van der Waals surface area contributed by atoms with Crippen molar-refractivity contribution in [3.05, 3.63) is 77.4 Å². The third-order valence-electron chi connectivity index (χ3n) is 3.76. The van der Waals surface area contributed by atoms with Gasteiger partial charge in [-0.1, -0.05) is 0 Å². The number of benzene rings is 2. The lowest BCUT2D eigenvalue weighted by Gasteiger charge is -2.12. The summed E-state index contributed by atoms with van der Waals surface area (Å²) in [5.41, 5.74) is 7.48. The highest BCUT2D eigenvalue weighted by Crippen LogP contribution is 2.31. The summed E-state index contributed by atoms with van der Waals surface area (Å²) in [6, 6.07) is 15.3. The lowest BCUT2D eigenvalue weighted by Crippen LogP contribution is -2.02. The number of allylic oxidation sites excluding steroid dienone is 1. The van der Waals surface area contributed by atoms with Crippen LogP contribution in [0.5, 0.6) is 11.6 Å². The summed E-state index contributed by atoms with van der Waals surface area (Å²) in [5.74, 6) is -2.36. The number of rotatable bonds is 5. The van der Waals surface area contributed by atoms with Gasteiger partial charge in [-0.25, -0.2) is 8.78 Å². The van der Waals surface area contributed by atoms with Gasteiger partial charge >= 0.3 is 0 Å². The SMILES string of the molecule is N#C/C=C/c1cc(F)c(Oc2ccc(N)c(Nc3ccc(C#N)cc3)n2)c(F)c1. The Bertz CT molecular complexity index is 1140. The molecule has 0 saturated carbocycles. The van der Waals surface area contributed by atoms with Crippen molar-refractivity contribution in [1.82, 2.24) is 4.98 Å². The monoisotopic (exact) mass is 389 g/mol. The van der Waals surface area contributed by atoms with Crippen LogP contribution >= 0.6 is 0 Å². The standard InChI is InChI=1S/C21H13F2N5O/c22-16-10-14(2-1-9-24)11-17(23)20(16)29-19-8-7-18(26)21(28-19)27-15-5-3-13(12-25)4-6-15/h1-8,10-11H,26H2,(H,27,28)/b2-1+. The molecule has 0 saturated heterocycles. The van der Waals surface area contributed by atoms with Crippen molar-refractivity contribution in [2.24, 2.45) is 0 Å². The van der Waals surface area contributed by atoms with E-state index in [2.05, 4.69) is 10.3 Å². The molecule has 0 bridgehead atoms. The number of anilines is 3. The van der Waals surface area contributed by atoms with E-state index in [-0.39, 0.29) is 17.3 Å². The highest BCUT2D eigenvalue weighted by Gasteiger charge is 2.15. The summed E-state index contributed by atoms with van der Waals surface area (Å²) in [4.78, 5) is 4.15. The minimum Gasteiger partial charge on any atom is -0.433 e. The molecule has 3 aromatic rings. The molecule has 0 aliphatic carbocycles. The molecule has 142 valence electrons. The molecule has 0 aliphatic rings. The maximum atomic E-state index is 14.2. The van der Waals surface area contributed by atoms with E-state index < -0.39 is 17.4 Å². The highest BCUT2D eigenvalue weighted by molar-refractivity contribution is 5.69. The first-order chi connectivity index (χ1) is 14.0. The van der Waals surface area contributed by atoms with Gasteiger partial charge in [0.05, 0.1) is 23.4 Å². The molecule has 8 heteroatoms. The lowest BCUT2D eigenvalue weighted by molar-refractivity contribution is 0.396. The van der Waals surface area contributed by atoms with Gasteiger partial charge in [0.2, 0.25) is 11.6 Å². The zero-order valence-corrected chi connectivity index (χ0v) is 14.9. The molecule has 0 aliphatic heterocycles. The number of pyridine rings is 1. The van der Waals surface area contributed by atoms with Crippen LogP contribution in [0.4, 0.5) is 26.0 Å². The quantitative estimate of drug-likeness (QED) is 0.602. The number of nitrogens with one attached hydrogen (secondary N) is 1. The molecule has 0 atom stereocenters. The molecule has 0 unspecified atom stereocenters. The average molecular weight is 389 g/mol. The number of hydrogen-bond donors (Lipinski definition) is 2. The number of nitrogens with two attached hydrogens (primary N) is 1. The molecule has 29 heavy (non-hydrogen) atoms. The number of nitriles is 2. The highest BCUT2D eigenvalue weighted by atomic mass is 19.1. The molecule has 0 amide bonds. The molecular weight excluding hydrogens is 376 g/mol. The molecule has 1 heterocycles. The summed E-state index contributed by atoms with van der Waals surface area (Å²) >= 11 is 0. The van der Waals surface area contributed by atoms with Crippen LogP contribution in [0.2, 0.25) is 0 Å². The van der Waals surface area contributed by atoms with Gasteiger partial charge in [-0.3, -0.25) is 0 Å². The smallest absolute Gasteiger partial charge is 0.221 e. The van der Waals surface area contributed by atoms with Gasteiger partial charge in [-0.15, -0.1) is 0 Å². The topological polar surface area (TPSA) is 108 Å². The summed E-state index contributed by atoms with van der Waals surface area (Å²) in [6.45, 7) is 0. The average Bonchev–Trinajstić information content (AvgIpc) is 2.72. The van der Waals surface area contributed by atoms with Crippen molar-refractivity contribution in [3.63, 3.8) is 0 Å². The van der Waals surface area contributed by atoms with E-state index in [9.17, 15) is 8.78 Å². The fourth-order valence-electron chi connectivity index (χ4n) is 2.39. The van der Waals surface area contributed by atoms with Crippen molar-refractivity contribution in [3.8, 4) is 23.8 Å². The maximum absolute atomic E-state index is 14.2. The molecule has 0 fully saturated rings. The van der Waals surface area contributed by atoms with E-state index >= 15 is 0 Å². The molecule has 3 rings (SSSR count). The Balaban J connectivity index is 1.85. The second kappa shape index (κ2) is 8.51. The Morgan fingerprint density at radius 1 is 1.03 bits per heavy atom. The Kier molecular flexibility index (Phi) is 5.67. The van der Waals surface area contributed by atoms with Crippen molar-refractivity contribution in [2.75, 3.05) is 11.1 Å². The summed E-state index contributed by atoms with van der Waals surface area (Å²) in [5, 5.41) is 20.3. The summed E-state index contributed by atoms with van der Waals surface area (Å²) in [6.07, 6.45) is 2.38. The summed E-state index contributed by atoms with van der Waals surface area (Å²) < 4.78 is 33.8. The van der Waals surface area contributed by atoms with Crippen LogP contribution in [0.15, 0.2) is 54.6 Å². The number of nitrogens with zero attached hydrogens (tertiary/aromatic N) is 3. The molecule has 3 N–H and O–H groups in total. The van der Waals surface area contributed by atoms with Crippen molar-refractivity contribution < 1.29 is 13.5 Å². The zero-order chi connectivity index (χ0) is 20.8. The van der Waals surface area contributed by atoms with Crippen molar-refractivity contribution >= 4 is 23.3 Å². The van der Waals surface area contributed by atoms with Crippen LogP contribution in [-0.2, 0) is 0 Å². The van der Waals surface area contributed by atoms with E-state index in [1.54, 1.807) is 30.3 Å². The van der Waals surface area contributed by atoms with Gasteiger partial charge < -0.3 is 15.8 Å². The van der Waals surface area contributed by atoms with E-state index in [0.29, 0.717) is 16.9 Å². The van der Waals surface area contributed by atoms with Gasteiger partial charge in [0.1, 0.15) is 0 Å². The van der Waals surface area contributed by atoms with Gasteiger partial charge in [0.25, 0.3) is 0 Å². The van der Waals surface area contributed by atoms with Gasteiger partial charge in [-0.2, -0.15) is 15.5 Å². The normalized spacial score (nSPS) is 10.3. The summed E-state index contributed by atoms with van der Waals surface area (Å²) in [7, 11) is 0. The van der Waals surface area contributed by atoms with Gasteiger partial charge in [0.15, 0.2) is 17.5 Å². The lowest BCUT2D eigenvalue weighted by atomic mass is 10.2. The minimum absolute atomic E-state index is 0.0755. The maximum Gasteiger partial charge on any atom is 0.221 e. The number of nitrogen functional groups attached to an aromatic ring is 1. The van der Waals surface area contributed by atoms with Gasteiger partial charge in [-0.05, 0) is 54.1 Å². The van der Waals surface area contributed by atoms with Crippen LogP contribution in [0.1, 0.15) is 11.1 Å². The van der Waals surface area contributed by atoms with Crippen LogP contribution in [0, 0.1) is 34.3 Å². The molecule has 0 spiro atoms. The van der Waals surface area contributed by atoms with Crippen LogP contribution < -0.4 is 15.8 Å². The Hall–Kier alpha value is -4.43. The fourth-order valence-corrected chi connectivity index (χ4v) is 2.39. The van der Waals surface area contributed by atoms with E-state index in [4.69, 9.17) is 21.0 Å². The molecule has 0 radical (unpaired) electrons. The second-order valence-corrected chi connectivity index (χ2v) is 5.78. The number of aromatic nitrogens is 1. The van der Waals surface area contributed by atoms with E-state index in [0.717, 1.165) is 18.2 Å². The molecule has 6 nitrogen and oxygen atoms in total. The minimum atomic E-state index is -0.942. The number of hydrogen-bond acceptors (Lipinski definition) is 6. The van der Waals surface area contributed by atoms with E-state index in [1.807, 2.05) is 6.07 Å². The largest absolute Gasteiger partial charge is 0.433 e. The zero-order valence-electron chi connectivity index (χ0n) is 14.9. The fraction of sp³-hybridized carbons (Fsp3) is 0. The van der Waals surface area contributed by atoms with Gasteiger partial charge in [0, 0.05) is 17.8 Å². The Labute approximate surface area is 165 Å². The third kappa shape index (κ3) is 4.65. The molecule has 1 aromatic heterocycles. The van der Waals surface area contributed by atoms with Crippen molar-refractivity contribution in [2.45, 2.75) is 0 Å². The van der Waals surface area contributed by atoms with Crippen LogP contribution in [-0.4, -0.2) is 4.98 Å². The third-order valence-corrected chi connectivity index (χ3v) is 3.76. The predicted molar refractivity (Wildman–Crippen MR) is 104 cm³/mol. The Morgan fingerprint density at radius 3 is 2.34 bits per heavy atom. The predicted octanol–water partition coefficient (Wildman–Crippen LogP) is 4.89. The van der Waals surface area contributed by atoms with Crippen LogP contribution in [0.25, 0.3) is 6.08 Å². The first-order valence-corrected chi connectivity index (χ1v) is 8.27. The molecule has 2 aromatic carbocycles. The first kappa shape index (κ1) is 19.3. The Morgan fingerprint density at radius 2 is 1.72 bits per heavy atom. The second-order valence-electron chi connectivity index (χ2n) is 5.78. The van der Waals surface area contributed by atoms with Crippen molar-refractivity contribution in [1.29, 1.82) is 10.5 Å². The van der Waals surface area contributed by atoms with E-state index in [1.165, 1.54) is 18.2 Å². The first-order valence-electron chi connectivity index (χ1n) is 8.27.